The molecule has 2 radical (unpaired) electrons. The van der Waals surface area contributed by atoms with Gasteiger partial charge in [0.15, 0.2) is 0 Å². The van der Waals surface area contributed by atoms with Crippen LogP contribution in [-0.4, -0.2) is 49.7 Å². The summed E-state index contributed by atoms with van der Waals surface area (Å²) < 4.78 is 0. The SMILES string of the molecule is [B]c1ccc2c(=O)[nH]c(O)c(C=Nc3ccc(CCCN(C)C)cc3)c2c1. The zero-order chi connectivity index (χ0) is 19.4. The van der Waals surface area contributed by atoms with E-state index in [1.165, 1.54) is 5.56 Å². The van der Waals surface area contributed by atoms with Crippen LogP contribution in [0.15, 0.2) is 52.3 Å². The molecule has 0 fully saturated rings. The largest absolute Gasteiger partial charge is 0.494 e. The van der Waals surface area contributed by atoms with Crippen LogP contribution in [0.5, 0.6) is 5.88 Å². The molecule has 0 aliphatic carbocycles. The number of hydrogen-bond donors (Lipinski definition) is 2. The minimum Gasteiger partial charge on any atom is -0.494 e. The molecule has 6 heteroatoms. The predicted octanol–water partition coefficient (Wildman–Crippen LogP) is 2.27. The summed E-state index contributed by atoms with van der Waals surface area (Å²) in [5.74, 6) is -0.220. The van der Waals surface area contributed by atoms with Crippen LogP contribution in [0.1, 0.15) is 17.5 Å². The Morgan fingerprint density at radius 2 is 1.89 bits per heavy atom. The first-order valence-electron chi connectivity index (χ1n) is 8.86. The van der Waals surface area contributed by atoms with Crippen molar-refractivity contribution in [2.45, 2.75) is 12.8 Å². The second-order valence-electron chi connectivity index (χ2n) is 6.85. The van der Waals surface area contributed by atoms with Crippen molar-refractivity contribution in [1.82, 2.24) is 9.88 Å². The highest BCUT2D eigenvalue weighted by atomic mass is 16.3. The lowest BCUT2D eigenvalue weighted by Gasteiger charge is -2.09. The molecule has 0 saturated carbocycles. The Morgan fingerprint density at radius 3 is 2.59 bits per heavy atom. The number of nitrogens with one attached hydrogen (secondary N) is 1. The van der Waals surface area contributed by atoms with Crippen LogP contribution in [0.25, 0.3) is 10.8 Å². The lowest BCUT2D eigenvalue weighted by atomic mass is 9.92. The number of nitrogens with zero attached hydrogens (tertiary/aromatic N) is 2. The molecule has 3 rings (SSSR count). The molecule has 2 N–H and O–H groups in total. The van der Waals surface area contributed by atoms with Gasteiger partial charge in [0.2, 0.25) is 5.88 Å². The maximum atomic E-state index is 12.0. The molecular weight excluding hydrogens is 337 g/mol. The highest BCUT2D eigenvalue weighted by Gasteiger charge is 2.09. The van der Waals surface area contributed by atoms with E-state index in [0.29, 0.717) is 21.8 Å². The smallest absolute Gasteiger partial charge is 0.258 e. The number of H-pyrrole nitrogens is 1. The van der Waals surface area contributed by atoms with Crippen LogP contribution in [0.3, 0.4) is 0 Å². The number of aryl methyl sites for hydroxylation is 1. The van der Waals surface area contributed by atoms with Gasteiger partial charge in [-0.05, 0) is 57.2 Å². The van der Waals surface area contributed by atoms with Crippen molar-refractivity contribution in [3.63, 3.8) is 0 Å². The number of fused-ring (bicyclic) bond motifs is 1. The van der Waals surface area contributed by atoms with Crippen LogP contribution in [0.2, 0.25) is 0 Å². The molecule has 0 saturated heterocycles. The van der Waals surface area contributed by atoms with Crippen molar-refractivity contribution in [3.8, 4) is 5.88 Å². The zero-order valence-electron chi connectivity index (χ0n) is 15.6. The van der Waals surface area contributed by atoms with Crippen LogP contribution >= 0.6 is 0 Å². The summed E-state index contributed by atoms with van der Waals surface area (Å²) in [6.45, 7) is 1.06. The molecule has 136 valence electrons. The van der Waals surface area contributed by atoms with Crippen LogP contribution < -0.4 is 11.0 Å². The van der Waals surface area contributed by atoms with E-state index in [0.717, 1.165) is 25.1 Å². The average Bonchev–Trinajstić information content (AvgIpc) is 2.62. The van der Waals surface area contributed by atoms with Gasteiger partial charge in [-0.25, -0.2) is 0 Å². The van der Waals surface area contributed by atoms with Gasteiger partial charge in [0.05, 0.1) is 11.3 Å². The van der Waals surface area contributed by atoms with E-state index in [2.05, 4.69) is 41.1 Å². The summed E-state index contributed by atoms with van der Waals surface area (Å²) in [5, 5.41) is 11.2. The fourth-order valence-electron chi connectivity index (χ4n) is 2.97. The van der Waals surface area contributed by atoms with Gasteiger partial charge in [-0.1, -0.05) is 29.7 Å². The summed E-state index contributed by atoms with van der Waals surface area (Å²) in [6, 6.07) is 13.0. The summed E-state index contributed by atoms with van der Waals surface area (Å²) in [6.07, 6.45) is 3.68. The Balaban J connectivity index is 1.84. The van der Waals surface area contributed by atoms with Crippen molar-refractivity contribution in [3.05, 3.63) is 63.9 Å². The van der Waals surface area contributed by atoms with Gasteiger partial charge in [0.25, 0.3) is 5.56 Å². The van der Waals surface area contributed by atoms with Crippen molar-refractivity contribution >= 4 is 36.0 Å². The predicted molar refractivity (Wildman–Crippen MR) is 112 cm³/mol. The first-order valence-corrected chi connectivity index (χ1v) is 8.86. The quantitative estimate of drug-likeness (QED) is 0.524. The number of aromatic nitrogens is 1. The Bertz CT molecular complexity index is 1020. The van der Waals surface area contributed by atoms with E-state index in [1.807, 2.05) is 12.1 Å². The molecule has 0 aliphatic heterocycles. The number of pyridine rings is 1. The summed E-state index contributed by atoms with van der Waals surface area (Å²) >= 11 is 0. The molecule has 0 aliphatic rings. The third kappa shape index (κ3) is 4.66. The van der Waals surface area contributed by atoms with Crippen molar-refractivity contribution in [1.29, 1.82) is 0 Å². The lowest BCUT2D eigenvalue weighted by molar-refractivity contribution is 0.400. The molecule has 3 aromatic rings. The van der Waals surface area contributed by atoms with Crippen molar-refractivity contribution in [2.24, 2.45) is 4.99 Å². The van der Waals surface area contributed by atoms with E-state index >= 15 is 0 Å². The molecule has 0 spiro atoms. The molecule has 0 unspecified atom stereocenters. The molecular formula is C21H22BN3O2. The molecule has 1 heterocycles. The van der Waals surface area contributed by atoms with E-state index in [-0.39, 0.29) is 11.4 Å². The number of hydrogen-bond acceptors (Lipinski definition) is 4. The normalized spacial score (nSPS) is 11.7. The minimum absolute atomic E-state index is 0.220. The minimum atomic E-state index is -0.360. The van der Waals surface area contributed by atoms with E-state index in [1.54, 1.807) is 24.4 Å². The van der Waals surface area contributed by atoms with Gasteiger partial charge < -0.3 is 10.0 Å². The first-order chi connectivity index (χ1) is 12.9. The van der Waals surface area contributed by atoms with Gasteiger partial charge in [-0.3, -0.25) is 14.8 Å². The zero-order valence-corrected chi connectivity index (χ0v) is 15.6. The van der Waals surface area contributed by atoms with Gasteiger partial charge in [-0.15, -0.1) is 0 Å². The van der Waals surface area contributed by atoms with Gasteiger partial charge in [0.1, 0.15) is 7.85 Å². The van der Waals surface area contributed by atoms with E-state index in [9.17, 15) is 9.90 Å². The van der Waals surface area contributed by atoms with Gasteiger partial charge >= 0.3 is 0 Å². The monoisotopic (exact) mass is 359 g/mol. The van der Waals surface area contributed by atoms with Crippen LogP contribution in [-0.2, 0) is 6.42 Å². The molecule has 0 atom stereocenters. The highest BCUT2D eigenvalue weighted by Crippen LogP contribution is 2.21. The number of aromatic amines is 1. The second-order valence-corrected chi connectivity index (χ2v) is 6.85. The van der Waals surface area contributed by atoms with Crippen LogP contribution in [0.4, 0.5) is 5.69 Å². The Labute approximate surface area is 159 Å². The highest BCUT2D eigenvalue weighted by molar-refractivity contribution is 6.33. The average molecular weight is 359 g/mol. The molecule has 27 heavy (non-hydrogen) atoms. The number of aliphatic imine (C=N–C) groups is 1. The first kappa shape index (κ1) is 18.9. The van der Waals surface area contributed by atoms with Crippen molar-refractivity contribution in [2.75, 3.05) is 20.6 Å². The maximum absolute atomic E-state index is 12.0. The van der Waals surface area contributed by atoms with E-state index in [4.69, 9.17) is 7.85 Å². The number of benzene rings is 2. The summed E-state index contributed by atoms with van der Waals surface area (Å²) in [4.78, 5) is 21.1. The maximum Gasteiger partial charge on any atom is 0.258 e. The molecule has 2 aromatic carbocycles. The van der Waals surface area contributed by atoms with Gasteiger partial charge in [-0.2, -0.15) is 0 Å². The van der Waals surface area contributed by atoms with Gasteiger partial charge in [0, 0.05) is 17.0 Å². The summed E-state index contributed by atoms with van der Waals surface area (Å²) in [5.41, 5.74) is 2.63. The molecule has 1 aromatic heterocycles. The third-order valence-corrected chi connectivity index (χ3v) is 4.42. The third-order valence-electron chi connectivity index (χ3n) is 4.42. The molecule has 0 amide bonds. The lowest BCUT2D eigenvalue weighted by Crippen LogP contribution is -2.13. The topological polar surface area (TPSA) is 68.7 Å². The molecule has 5 nitrogen and oxygen atoms in total. The standard InChI is InChI=1S/C21H22BN3O2/c1-25(2)11-3-4-14-5-8-16(9-6-14)23-13-19-18-12-15(22)7-10-17(18)20(26)24-21(19)27/h5-10,12-13H,3-4,11H2,1-2H3,(H2,24,26,27). The number of rotatable bonds is 6. The second kappa shape index (κ2) is 8.23. The van der Waals surface area contributed by atoms with E-state index < -0.39 is 0 Å². The fraction of sp³-hybridized carbons (Fsp3) is 0.238. The Kier molecular flexibility index (Phi) is 5.77. The van der Waals surface area contributed by atoms with Crippen molar-refractivity contribution < 1.29 is 5.11 Å². The Hall–Kier alpha value is -2.86. The Morgan fingerprint density at radius 1 is 1.15 bits per heavy atom. The number of aromatic hydroxyl groups is 1. The fourth-order valence-corrected chi connectivity index (χ4v) is 2.97. The molecule has 0 bridgehead atoms. The van der Waals surface area contributed by atoms with Crippen LogP contribution in [0, 0.1) is 0 Å². The summed E-state index contributed by atoms with van der Waals surface area (Å²) in [7, 11) is 9.98.